The Morgan fingerprint density at radius 3 is 1.75 bits per heavy atom. The van der Waals surface area contributed by atoms with Crippen LogP contribution in [0.1, 0.15) is 129 Å². The molecule has 6 aromatic carbocycles. The largest absolute Gasteiger partial charge is 0.458 e. The molecule has 0 N–H and O–H groups in total. The Hall–Kier alpha value is -6.72. The lowest BCUT2D eigenvalue weighted by atomic mass is 9.78. The standard InChI is InChI=1S/C62H66N4O/c1-58(2,3)44-25-20-26-48(33-44)65-41-64(40-56(65)62(12,13)43-23-18-15-19-24-43)49-34-47(60(7,8)9)35-51(38-49)67-50-28-29-52-53-36-46(61(10,11)42-21-16-14-17-22-42)27-30-54(53)66(55(52)39-50)57-37-45(31-32-63-57)59(4,5)6/h14-40H,1-13H3. The molecule has 0 unspecified atom stereocenters. The lowest BCUT2D eigenvalue weighted by Gasteiger charge is -2.27. The van der Waals surface area contributed by atoms with Crippen molar-refractivity contribution in [2.45, 2.75) is 117 Å². The Bertz CT molecular complexity index is 3250. The first-order chi connectivity index (χ1) is 31.6. The molecule has 0 atom stereocenters. The molecule has 67 heavy (non-hydrogen) atoms. The predicted octanol–water partition coefficient (Wildman–Crippen LogP) is 15.4. The maximum atomic E-state index is 7.03. The molecule has 0 aliphatic carbocycles. The van der Waals surface area contributed by atoms with Crippen molar-refractivity contribution >= 4 is 21.8 Å². The quantitative estimate of drug-likeness (QED) is 0.107. The molecule has 0 aliphatic heterocycles. The van der Waals surface area contributed by atoms with Crippen molar-refractivity contribution in [3.8, 4) is 28.7 Å². The van der Waals surface area contributed by atoms with E-state index in [9.17, 15) is 0 Å². The monoisotopic (exact) mass is 883 g/mol. The topological polar surface area (TPSA) is 35.9 Å². The van der Waals surface area contributed by atoms with Gasteiger partial charge in [-0.05, 0) is 116 Å². The van der Waals surface area contributed by atoms with Gasteiger partial charge in [0.2, 0.25) is 0 Å². The van der Waals surface area contributed by atoms with E-state index in [1.165, 1.54) is 38.8 Å². The Labute approximate surface area is 398 Å². The first-order valence-electron chi connectivity index (χ1n) is 23.8. The van der Waals surface area contributed by atoms with Crippen LogP contribution in [0.4, 0.5) is 0 Å². The van der Waals surface area contributed by atoms with E-state index in [4.69, 9.17) is 9.72 Å². The fraction of sp³-hybridized carbons (Fsp3) is 0.290. The zero-order valence-electron chi connectivity index (χ0n) is 41.8. The minimum Gasteiger partial charge on any atom is -0.458 e. The second-order valence-corrected chi connectivity index (χ2v) is 22.6. The zero-order chi connectivity index (χ0) is 47.7. The Kier molecular flexibility index (Phi) is 11.2. The summed E-state index contributed by atoms with van der Waals surface area (Å²) >= 11 is 0. The number of ether oxygens (including phenoxy) is 1. The molecule has 3 heterocycles. The number of rotatable bonds is 9. The fourth-order valence-electron chi connectivity index (χ4n) is 9.33. The highest BCUT2D eigenvalue weighted by atomic mass is 16.5. The molecule has 5 heteroatoms. The smallest absolute Gasteiger partial charge is 0.269 e. The molecule has 9 aromatic rings. The number of imidazole rings is 1. The van der Waals surface area contributed by atoms with Gasteiger partial charge in [-0.15, -0.1) is 0 Å². The van der Waals surface area contributed by atoms with E-state index < -0.39 is 0 Å². The van der Waals surface area contributed by atoms with Gasteiger partial charge in [0.1, 0.15) is 17.3 Å². The number of benzene rings is 6. The van der Waals surface area contributed by atoms with Gasteiger partial charge in [-0.1, -0.05) is 169 Å². The van der Waals surface area contributed by atoms with Gasteiger partial charge in [0.25, 0.3) is 6.33 Å². The van der Waals surface area contributed by atoms with E-state index in [-0.39, 0.29) is 27.1 Å². The maximum Gasteiger partial charge on any atom is 0.269 e. The second-order valence-electron chi connectivity index (χ2n) is 22.6. The number of hydrogen-bond donors (Lipinski definition) is 0. The van der Waals surface area contributed by atoms with Crippen LogP contribution in [0.3, 0.4) is 0 Å². The third-order valence-corrected chi connectivity index (χ3v) is 13.9. The van der Waals surface area contributed by atoms with Gasteiger partial charge in [0, 0.05) is 40.1 Å². The third kappa shape index (κ3) is 8.73. The molecule has 0 bridgehead atoms. The van der Waals surface area contributed by atoms with Crippen LogP contribution in [-0.2, 0) is 27.1 Å². The van der Waals surface area contributed by atoms with Crippen LogP contribution in [0.25, 0.3) is 39.0 Å². The summed E-state index contributed by atoms with van der Waals surface area (Å²) in [5.74, 6) is 2.40. The molecule has 0 amide bonds. The SMILES string of the molecule is CC(C)(C)c1cc(Oc2ccc3c4cc(C(C)(C)c5ccccc5)ccc4n(-c4cc(C(C)(C)C)ccn4)c3c2)cc(-n2[c-][n+](-c3cccc(C(C)(C)C)c3)c(C(C)(C)c3ccccc3)c2)c1. The highest BCUT2D eigenvalue weighted by Gasteiger charge is 2.30. The number of nitrogens with zero attached hydrogens (tertiary/aromatic N) is 4. The van der Waals surface area contributed by atoms with Gasteiger partial charge in [0.05, 0.1) is 28.1 Å². The van der Waals surface area contributed by atoms with Crippen LogP contribution in [0.2, 0.25) is 0 Å². The Morgan fingerprint density at radius 2 is 1.09 bits per heavy atom. The van der Waals surface area contributed by atoms with Gasteiger partial charge < -0.3 is 4.74 Å². The molecule has 0 fully saturated rings. The minimum atomic E-state index is -0.338. The Balaban J connectivity index is 1.19. The molecule has 0 spiro atoms. The normalized spacial score (nSPS) is 12.9. The molecular formula is C62H66N4O. The van der Waals surface area contributed by atoms with Crippen LogP contribution in [-0.4, -0.2) is 14.1 Å². The lowest BCUT2D eigenvalue weighted by Crippen LogP contribution is -2.40. The van der Waals surface area contributed by atoms with E-state index in [0.29, 0.717) is 0 Å². The number of fused-ring (bicyclic) bond motifs is 3. The van der Waals surface area contributed by atoms with E-state index in [1.54, 1.807) is 0 Å². The zero-order valence-corrected chi connectivity index (χ0v) is 41.8. The summed E-state index contributed by atoms with van der Waals surface area (Å²) in [7, 11) is 0. The summed E-state index contributed by atoms with van der Waals surface area (Å²) in [6, 6.07) is 54.9. The van der Waals surface area contributed by atoms with Crippen LogP contribution < -0.4 is 9.30 Å². The van der Waals surface area contributed by atoms with Crippen LogP contribution >= 0.6 is 0 Å². The molecule has 3 aromatic heterocycles. The summed E-state index contributed by atoms with van der Waals surface area (Å²) in [5.41, 5.74) is 12.0. The van der Waals surface area contributed by atoms with Crippen LogP contribution in [0.5, 0.6) is 11.5 Å². The van der Waals surface area contributed by atoms with Gasteiger partial charge in [-0.25, -0.2) is 4.98 Å². The molecule has 9 rings (SSSR count). The van der Waals surface area contributed by atoms with E-state index in [2.05, 4.69) is 268 Å². The second kappa shape index (κ2) is 16.6. The summed E-state index contributed by atoms with van der Waals surface area (Å²) in [6.07, 6.45) is 8.00. The molecule has 0 saturated carbocycles. The van der Waals surface area contributed by atoms with Crippen molar-refractivity contribution in [1.82, 2.24) is 14.1 Å². The average molecular weight is 883 g/mol. The van der Waals surface area contributed by atoms with Gasteiger partial charge in [-0.2, -0.15) is 0 Å². The molecule has 5 nitrogen and oxygen atoms in total. The average Bonchev–Trinajstić information content (AvgIpc) is 3.89. The van der Waals surface area contributed by atoms with Gasteiger partial charge in [0.15, 0.2) is 0 Å². The Morgan fingerprint density at radius 1 is 0.463 bits per heavy atom. The molecule has 340 valence electrons. The number of hydrogen-bond acceptors (Lipinski definition) is 2. The summed E-state index contributed by atoms with van der Waals surface area (Å²) in [5, 5.41) is 2.33. The van der Waals surface area contributed by atoms with Crippen molar-refractivity contribution in [3.05, 3.63) is 209 Å². The van der Waals surface area contributed by atoms with Crippen molar-refractivity contribution in [2.24, 2.45) is 0 Å². The highest BCUT2D eigenvalue weighted by molar-refractivity contribution is 6.10. The van der Waals surface area contributed by atoms with Crippen molar-refractivity contribution < 1.29 is 9.30 Å². The predicted molar refractivity (Wildman–Crippen MR) is 278 cm³/mol. The van der Waals surface area contributed by atoms with Crippen molar-refractivity contribution in [3.63, 3.8) is 0 Å². The lowest BCUT2D eigenvalue weighted by molar-refractivity contribution is -0.611. The first kappa shape index (κ1) is 45.4. The van der Waals surface area contributed by atoms with E-state index in [1.807, 2.05) is 6.20 Å². The summed E-state index contributed by atoms with van der Waals surface area (Å²) in [6.45, 7) is 29.5. The molecule has 0 saturated heterocycles. The van der Waals surface area contributed by atoms with Crippen LogP contribution in [0, 0.1) is 6.33 Å². The first-order valence-corrected chi connectivity index (χ1v) is 23.8. The van der Waals surface area contributed by atoms with Gasteiger partial charge in [-0.3, -0.25) is 13.7 Å². The fourth-order valence-corrected chi connectivity index (χ4v) is 9.33. The minimum absolute atomic E-state index is 0.00585. The van der Waals surface area contributed by atoms with Crippen LogP contribution in [0.15, 0.2) is 164 Å². The molecule has 0 radical (unpaired) electrons. The number of aromatic nitrogens is 4. The number of pyridine rings is 1. The van der Waals surface area contributed by atoms with Gasteiger partial charge >= 0.3 is 0 Å². The van der Waals surface area contributed by atoms with Crippen molar-refractivity contribution in [2.75, 3.05) is 0 Å². The van der Waals surface area contributed by atoms with E-state index in [0.717, 1.165) is 50.8 Å². The summed E-state index contributed by atoms with van der Waals surface area (Å²) < 4.78 is 13.7. The highest BCUT2D eigenvalue weighted by Crippen LogP contribution is 2.41. The summed E-state index contributed by atoms with van der Waals surface area (Å²) in [4.78, 5) is 5.01. The van der Waals surface area contributed by atoms with Crippen molar-refractivity contribution in [1.29, 1.82) is 0 Å². The third-order valence-electron chi connectivity index (χ3n) is 13.9. The maximum absolute atomic E-state index is 7.03. The molecule has 0 aliphatic rings. The molecular weight excluding hydrogens is 817 g/mol. The van der Waals surface area contributed by atoms with E-state index >= 15 is 0 Å².